The first kappa shape index (κ1) is 11.9. The molecular formula is C18H16O. The molecule has 0 radical (unpaired) electrons. The average Bonchev–Trinajstić information content (AvgIpc) is 2.74. The van der Waals surface area contributed by atoms with Crippen LogP contribution in [0.15, 0.2) is 60.2 Å². The van der Waals surface area contributed by atoms with Crippen LogP contribution in [0.5, 0.6) is 0 Å². The smallest absolute Gasteiger partial charge is 0.175 e. The predicted molar refractivity (Wildman–Crippen MR) is 78.2 cm³/mol. The Balaban J connectivity index is 2.23. The second-order valence-electron chi connectivity index (χ2n) is 5.17. The number of rotatable bonds is 1. The molecule has 1 aliphatic carbocycles. The van der Waals surface area contributed by atoms with Crippen molar-refractivity contribution >= 4 is 11.4 Å². The Morgan fingerprint density at radius 1 is 0.842 bits per heavy atom. The summed E-state index contributed by atoms with van der Waals surface area (Å²) in [6.07, 6.45) is 0. The zero-order valence-corrected chi connectivity index (χ0v) is 11.2. The summed E-state index contributed by atoms with van der Waals surface area (Å²) in [6.45, 7) is 4.17. The molecule has 0 N–H and O–H groups in total. The number of hydrogen-bond donors (Lipinski definition) is 0. The molecule has 0 saturated carbocycles. The number of allylic oxidation sites excluding steroid dienone is 2. The minimum absolute atomic E-state index is 0.136. The predicted octanol–water partition coefficient (Wildman–Crippen LogP) is 4.46. The fourth-order valence-electron chi connectivity index (χ4n) is 2.90. The van der Waals surface area contributed by atoms with Crippen LogP contribution < -0.4 is 0 Å². The number of carbonyl (C=O) groups excluding carboxylic acids is 1. The SMILES string of the molecule is CC(C)=C1c2ccccc2C(=O)C1c1ccccc1. The van der Waals surface area contributed by atoms with E-state index in [1.54, 1.807) is 0 Å². The van der Waals surface area contributed by atoms with E-state index in [0.717, 1.165) is 16.7 Å². The number of benzene rings is 2. The minimum atomic E-state index is -0.136. The van der Waals surface area contributed by atoms with E-state index in [4.69, 9.17) is 0 Å². The molecule has 0 bridgehead atoms. The van der Waals surface area contributed by atoms with Gasteiger partial charge in [0.2, 0.25) is 0 Å². The molecular weight excluding hydrogens is 232 g/mol. The molecule has 1 aliphatic rings. The van der Waals surface area contributed by atoms with Crippen LogP contribution >= 0.6 is 0 Å². The average molecular weight is 248 g/mol. The van der Waals surface area contributed by atoms with Crippen molar-refractivity contribution in [1.29, 1.82) is 0 Å². The number of Topliss-reactive ketones (excluding diaryl/α,β-unsaturated/α-hetero) is 1. The first-order valence-corrected chi connectivity index (χ1v) is 6.56. The first-order chi connectivity index (χ1) is 9.20. The summed E-state index contributed by atoms with van der Waals surface area (Å²) in [5, 5.41) is 0. The Hall–Kier alpha value is -2.15. The van der Waals surface area contributed by atoms with Crippen molar-refractivity contribution in [3.8, 4) is 0 Å². The van der Waals surface area contributed by atoms with Gasteiger partial charge in [-0.3, -0.25) is 4.79 Å². The van der Waals surface area contributed by atoms with Gasteiger partial charge in [-0.25, -0.2) is 0 Å². The molecule has 1 nitrogen and oxygen atoms in total. The van der Waals surface area contributed by atoms with Crippen molar-refractivity contribution in [2.75, 3.05) is 0 Å². The second kappa shape index (κ2) is 4.51. The van der Waals surface area contributed by atoms with E-state index in [1.807, 2.05) is 48.5 Å². The minimum Gasteiger partial charge on any atom is -0.293 e. The third-order valence-corrected chi connectivity index (χ3v) is 3.71. The van der Waals surface area contributed by atoms with Crippen LogP contribution in [0.25, 0.3) is 5.57 Å². The van der Waals surface area contributed by atoms with Gasteiger partial charge >= 0.3 is 0 Å². The number of fused-ring (bicyclic) bond motifs is 1. The van der Waals surface area contributed by atoms with Gasteiger partial charge in [0.25, 0.3) is 0 Å². The maximum absolute atomic E-state index is 12.7. The quantitative estimate of drug-likeness (QED) is 0.728. The monoisotopic (exact) mass is 248 g/mol. The fourth-order valence-corrected chi connectivity index (χ4v) is 2.90. The second-order valence-corrected chi connectivity index (χ2v) is 5.17. The van der Waals surface area contributed by atoms with Crippen LogP contribution in [-0.2, 0) is 0 Å². The number of carbonyl (C=O) groups is 1. The van der Waals surface area contributed by atoms with Crippen LogP contribution in [0.4, 0.5) is 0 Å². The Labute approximate surface area is 113 Å². The Kier molecular flexibility index (Phi) is 2.83. The molecule has 1 atom stereocenters. The molecule has 94 valence electrons. The summed E-state index contributed by atoms with van der Waals surface area (Å²) in [6, 6.07) is 18.0. The Morgan fingerprint density at radius 3 is 2.05 bits per heavy atom. The van der Waals surface area contributed by atoms with Crippen LogP contribution in [0.2, 0.25) is 0 Å². The van der Waals surface area contributed by atoms with Crippen molar-refractivity contribution in [3.63, 3.8) is 0 Å². The Bertz CT molecular complexity index is 661. The van der Waals surface area contributed by atoms with Crippen LogP contribution in [0.1, 0.15) is 41.3 Å². The molecule has 19 heavy (non-hydrogen) atoms. The summed E-state index contributed by atoms with van der Waals surface area (Å²) >= 11 is 0. The van der Waals surface area contributed by atoms with Crippen LogP contribution in [-0.4, -0.2) is 5.78 Å². The van der Waals surface area contributed by atoms with Gasteiger partial charge in [0.05, 0.1) is 5.92 Å². The van der Waals surface area contributed by atoms with Crippen LogP contribution in [0.3, 0.4) is 0 Å². The summed E-state index contributed by atoms with van der Waals surface area (Å²) in [4.78, 5) is 12.7. The van der Waals surface area contributed by atoms with E-state index >= 15 is 0 Å². The lowest BCUT2D eigenvalue weighted by Crippen LogP contribution is -2.06. The Morgan fingerprint density at radius 2 is 1.42 bits per heavy atom. The molecule has 0 fully saturated rings. The van der Waals surface area contributed by atoms with Gasteiger partial charge in [-0.05, 0) is 30.5 Å². The molecule has 0 aromatic heterocycles. The summed E-state index contributed by atoms with van der Waals surface area (Å²) in [7, 11) is 0. The van der Waals surface area contributed by atoms with Crippen molar-refractivity contribution in [2.24, 2.45) is 0 Å². The zero-order valence-electron chi connectivity index (χ0n) is 11.2. The lowest BCUT2D eigenvalue weighted by molar-refractivity contribution is 0.0986. The number of hydrogen-bond acceptors (Lipinski definition) is 1. The molecule has 2 aromatic rings. The maximum atomic E-state index is 12.7. The number of ketones is 1. The first-order valence-electron chi connectivity index (χ1n) is 6.56. The van der Waals surface area contributed by atoms with Crippen molar-refractivity contribution in [1.82, 2.24) is 0 Å². The molecule has 0 amide bonds. The highest BCUT2D eigenvalue weighted by Crippen LogP contribution is 2.44. The van der Waals surface area contributed by atoms with Gasteiger partial charge in [-0.2, -0.15) is 0 Å². The highest BCUT2D eigenvalue weighted by molar-refractivity contribution is 6.17. The standard InChI is InChI=1S/C18H16O/c1-12(2)16-14-10-6-7-11-15(14)18(19)17(16)13-8-4-3-5-9-13/h3-11,17H,1-2H3. The third-order valence-electron chi connectivity index (χ3n) is 3.71. The van der Waals surface area contributed by atoms with E-state index < -0.39 is 0 Å². The van der Waals surface area contributed by atoms with E-state index in [1.165, 1.54) is 11.1 Å². The van der Waals surface area contributed by atoms with E-state index in [9.17, 15) is 4.79 Å². The fraction of sp³-hybridized carbons (Fsp3) is 0.167. The van der Waals surface area contributed by atoms with Gasteiger partial charge < -0.3 is 0 Å². The topological polar surface area (TPSA) is 17.1 Å². The van der Waals surface area contributed by atoms with Crippen molar-refractivity contribution in [2.45, 2.75) is 19.8 Å². The van der Waals surface area contributed by atoms with Gasteiger partial charge in [0.1, 0.15) is 0 Å². The van der Waals surface area contributed by atoms with Crippen molar-refractivity contribution < 1.29 is 4.79 Å². The van der Waals surface area contributed by atoms with E-state index in [-0.39, 0.29) is 11.7 Å². The van der Waals surface area contributed by atoms with Gasteiger partial charge in [-0.1, -0.05) is 60.2 Å². The lowest BCUT2D eigenvalue weighted by Gasteiger charge is -2.13. The maximum Gasteiger partial charge on any atom is 0.175 e. The van der Waals surface area contributed by atoms with Gasteiger partial charge in [0, 0.05) is 5.56 Å². The summed E-state index contributed by atoms with van der Waals surface area (Å²) in [5.74, 6) is 0.0848. The third kappa shape index (κ3) is 1.82. The zero-order chi connectivity index (χ0) is 13.4. The largest absolute Gasteiger partial charge is 0.293 e. The van der Waals surface area contributed by atoms with E-state index in [0.29, 0.717) is 0 Å². The molecule has 0 heterocycles. The van der Waals surface area contributed by atoms with Gasteiger partial charge in [0.15, 0.2) is 5.78 Å². The van der Waals surface area contributed by atoms with Crippen LogP contribution in [0, 0.1) is 0 Å². The summed E-state index contributed by atoms with van der Waals surface area (Å²) < 4.78 is 0. The molecule has 2 aromatic carbocycles. The van der Waals surface area contributed by atoms with E-state index in [2.05, 4.69) is 19.9 Å². The molecule has 0 spiro atoms. The molecule has 1 unspecified atom stereocenters. The molecule has 1 heteroatoms. The molecule has 3 rings (SSSR count). The molecule has 0 aliphatic heterocycles. The highest BCUT2D eigenvalue weighted by Gasteiger charge is 2.36. The summed E-state index contributed by atoms with van der Waals surface area (Å²) in [5.41, 5.74) is 5.42. The lowest BCUT2D eigenvalue weighted by atomic mass is 9.89. The van der Waals surface area contributed by atoms with Gasteiger partial charge in [-0.15, -0.1) is 0 Å². The highest BCUT2D eigenvalue weighted by atomic mass is 16.1. The molecule has 0 saturated heterocycles. The normalized spacial score (nSPS) is 17.5. The van der Waals surface area contributed by atoms with Crippen molar-refractivity contribution in [3.05, 3.63) is 76.9 Å².